The molecule has 1 fully saturated rings. The van der Waals surface area contributed by atoms with Crippen LogP contribution in [0.4, 0.5) is 13.2 Å². The first kappa shape index (κ1) is 11.4. The van der Waals surface area contributed by atoms with E-state index in [2.05, 4.69) is 6.92 Å². The van der Waals surface area contributed by atoms with Crippen LogP contribution >= 0.6 is 0 Å². The van der Waals surface area contributed by atoms with E-state index in [9.17, 15) is 13.2 Å². The van der Waals surface area contributed by atoms with Gasteiger partial charge in [-0.25, -0.2) is 0 Å². The Morgan fingerprint density at radius 2 is 1.75 bits per heavy atom. The Labute approximate surface area is 93.5 Å². The minimum atomic E-state index is -4.23. The van der Waals surface area contributed by atoms with Gasteiger partial charge in [0.15, 0.2) is 0 Å². The van der Waals surface area contributed by atoms with Gasteiger partial charge in [-0.3, -0.25) is 0 Å². The second-order valence-electron chi connectivity index (χ2n) is 4.23. The van der Waals surface area contributed by atoms with Gasteiger partial charge in [-0.15, -0.1) is 0 Å². The fraction of sp³-hybridized carbons (Fsp3) is 0.462. The maximum Gasteiger partial charge on any atom is 0.418 e. The number of hydrogen-bond donors (Lipinski definition) is 0. The van der Waals surface area contributed by atoms with Crippen molar-refractivity contribution < 1.29 is 13.2 Å². The van der Waals surface area contributed by atoms with E-state index in [0.717, 1.165) is 12.0 Å². The fourth-order valence-corrected chi connectivity index (χ4v) is 2.03. The Morgan fingerprint density at radius 1 is 1.19 bits per heavy atom. The van der Waals surface area contributed by atoms with Gasteiger partial charge >= 0.3 is 6.18 Å². The van der Waals surface area contributed by atoms with E-state index in [1.807, 2.05) is 0 Å². The molecule has 1 aliphatic rings. The van der Waals surface area contributed by atoms with Crippen LogP contribution in [-0.2, 0) is 6.18 Å². The summed E-state index contributed by atoms with van der Waals surface area (Å²) in [6.45, 7) is 2.06. The first-order valence-corrected chi connectivity index (χ1v) is 5.55. The van der Waals surface area contributed by atoms with Gasteiger partial charge in [0.2, 0.25) is 0 Å². The van der Waals surface area contributed by atoms with Crippen molar-refractivity contribution >= 4 is 0 Å². The summed E-state index contributed by atoms with van der Waals surface area (Å²) in [6.07, 6.45) is -0.936. The highest BCUT2D eigenvalue weighted by molar-refractivity contribution is 5.36. The highest BCUT2D eigenvalue weighted by atomic mass is 19.4. The molecule has 3 heteroatoms. The summed E-state index contributed by atoms with van der Waals surface area (Å²) in [7, 11) is 0. The molecule has 1 saturated carbocycles. The third-order valence-corrected chi connectivity index (χ3v) is 3.03. The monoisotopic (exact) mass is 227 g/mol. The lowest BCUT2D eigenvalue weighted by molar-refractivity contribution is -0.137. The number of rotatable bonds is 3. The largest absolute Gasteiger partial charge is 0.418 e. The predicted molar refractivity (Wildman–Crippen MR) is 56.8 cm³/mol. The van der Waals surface area contributed by atoms with Gasteiger partial charge in [0.25, 0.3) is 0 Å². The van der Waals surface area contributed by atoms with E-state index in [0.29, 0.717) is 5.92 Å². The Morgan fingerprint density at radius 3 is 2.12 bits per heavy atom. The zero-order valence-electron chi connectivity index (χ0n) is 9.14. The SMILES string of the molecule is CC[C+](c1ccc(C(F)(F)F)cc1)C1CC1. The topological polar surface area (TPSA) is 0 Å². The number of benzene rings is 1. The summed E-state index contributed by atoms with van der Waals surface area (Å²) in [4.78, 5) is 0. The van der Waals surface area contributed by atoms with Crippen molar-refractivity contribution in [3.8, 4) is 0 Å². The van der Waals surface area contributed by atoms with Crippen LogP contribution in [0.1, 0.15) is 37.3 Å². The van der Waals surface area contributed by atoms with Gasteiger partial charge in [-0.1, -0.05) is 0 Å². The average molecular weight is 227 g/mol. The smallest absolute Gasteiger partial charge is 0.166 e. The minimum absolute atomic E-state index is 0.567. The van der Waals surface area contributed by atoms with Gasteiger partial charge in [-0.2, -0.15) is 13.2 Å². The maximum absolute atomic E-state index is 12.4. The Kier molecular flexibility index (Phi) is 2.87. The highest BCUT2D eigenvalue weighted by Gasteiger charge is 2.37. The molecule has 0 amide bonds. The number of hydrogen-bond acceptors (Lipinski definition) is 0. The number of alkyl halides is 3. The minimum Gasteiger partial charge on any atom is -0.166 e. The first-order chi connectivity index (χ1) is 7.52. The molecule has 0 atom stereocenters. The highest BCUT2D eigenvalue weighted by Crippen LogP contribution is 2.43. The lowest BCUT2D eigenvalue weighted by Crippen LogP contribution is -2.06. The normalized spacial score (nSPS) is 16.2. The van der Waals surface area contributed by atoms with E-state index in [-0.39, 0.29) is 0 Å². The molecule has 0 N–H and O–H groups in total. The summed E-state index contributed by atoms with van der Waals surface area (Å²) >= 11 is 0. The Balaban J connectivity index is 2.18. The van der Waals surface area contributed by atoms with Crippen LogP contribution in [0.25, 0.3) is 0 Å². The molecule has 86 valence electrons. The standard InChI is InChI=1S/C13H14F3/c1-2-12(9-3-4-9)10-5-7-11(8-6-10)13(14,15)16/h5-9H,2-4H2,1H3/q+1. The zero-order valence-corrected chi connectivity index (χ0v) is 9.14. The van der Waals surface area contributed by atoms with Crippen LogP contribution in [0, 0.1) is 11.8 Å². The van der Waals surface area contributed by atoms with Gasteiger partial charge in [0.1, 0.15) is 5.56 Å². The van der Waals surface area contributed by atoms with Crippen molar-refractivity contribution in [2.24, 2.45) is 5.92 Å². The molecule has 1 aliphatic carbocycles. The molecule has 0 unspecified atom stereocenters. The van der Waals surface area contributed by atoms with Gasteiger partial charge in [-0.05, 0) is 19.8 Å². The quantitative estimate of drug-likeness (QED) is 0.669. The van der Waals surface area contributed by atoms with Crippen LogP contribution in [0.2, 0.25) is 0 Å². The van der Waals surface area contributed by atoms with Crippen LogP contribution in [-0.4, -0.2) is 0 Å². The summed E-state index contributed by atoms with van der Waals surface area (Å²) in [5.41, 5.74) is 0.403. The molecule has 0 radical (unpaired) electrons. The van der Waals surface area contributed by atoms with Gasteiger partial charge in [0.05, 0.1) is 5.56 Å². The molecule has 0 heterocycles. The van der Waals surface area contributed by atoms with Crippen molar-refractivity contribution in [1.29, 1.82) is 0 Å². The molecule has 0 aliphatic heterocycles. The average Bonchev–Trinajstić information content (AvgIpc) is 3.03. The molecule has 16 heavy (non-hydrogen) atoms. The number of halogens is 3. The lowest BCUT2D eigenvalue weighted by atomic mass is 9.91. The van der Waals surface area contributed by atoms with Crippen LogP contribution < -0.4 is 0 Å². The van der Waals surface area contributed by atoms with E-state index in [4.69, 9.17) is 0 Å². The van der Waals surface area contributed by atoms with Crippen molar-refractivity contribution in [3.05, 3.63) is 41.3 Å². The van der Waals surface area contributed by atoms with Gasteiger partial charge < -0.3 is 0 Å². The molecule has 1 aromatic rings. The first-order valence-electron chi connectivity index (χ1n) is 5.55. The molecule has 1 aromatic carbocycles. The van der Waals surface area contributed by atoms with E-state index < -0.39 is 11.7 Å². The van der Waals surface area contributed by atoms with Crippen LogP contribution in [0.5, 0.6) is 0 Å². The van der Waals surface area contributed by atoms with Crippen LogP contribution in [0.15, 0.2) is 24.3 Å². The van der Waals surface area contributed by atoms with Crippen molar-refractivity contribution in [3.63, 3.8) is 0 Å². The molecule has 2 rings (SSSR count). The van der Waals surface area contributed by atoms with Gasteiger partial charge in [0, 0.05) is 42.5 Å². The second-order valence-corrected chi connectivity index (χ2v) is 4.23. The molecule has 0 bridgehead atoms. The lowest BCUT2D eigenvalue weighted by Gasteiger charge is -2.08. The third kappa shape index (κ3) is 2.34. The molecular formula is C13H14F3+. The van der Waals surface area contributed by atoms with Crippen LogP contribution in [0.3, 0.4) is 0 Å². The predicted octanol–water partition coefficient (Wildman–Crippen LogP) is 4.45. The van der Waals surface area contributed by atoms with Crippen molar-refractivity contribution in [2.75, 3.05) is 0 Å². The fourth-order valence-electron chi connectivity index (χ4n) is 2.03. The van der Waals surface area contributed by atoms with E-state index in [1.54, 1.807) is 12.1 Å². The summed E-state index contributed by atoms with van der Waals surface area (Å²) in [5.74, 6) is 1.91. The Hall–Kier alpha value is -1.12. The summed E-state index contributed by atoms with van der Waals surface area (Å²) in [5, 5.41) is 0. The van der Waals surface area contributed by atoms with E-state index in [1.165, 1.54) is 30.9 Å². The maximum atomic E-state index is 12.4. The summed E-state index contributed by atoms with van der Waals surface area (Å²) < 4.78 is 37.1. The molecular weight excluding hydrogens is 213 g/mol. The molecule has 0 aromatic heterocycles. The van der Waals surface area contributed by atoms with Crippen molar-refractivity contribution in [2.45, 2.75) is 32.4 Å². The summed E-state index contributed by atoms with van der Waals surface area (Å²) in [6, 6.07) is 5.54. The molecule has 0 spiro atoms. The second kappa shape index (κ2) is 4.04. The van der Waals surface area contributed by atoms with E-state index >= 15 is 0 Å². The third-order valence-electron chi connectivity index (χ3n) is 3.03. The van der Waals surface area contributed by atoms with Crippen molar-refractivity contribution in [1.82, 2.24) is 0 Å². The molecule has 0 nitrogen and oxygen atoms in total. The molecule has 0 saturated heterocycles. The zero-order chi connectivity index (χ0) is 11.8. The Bertz CT molecular complexity index is 346.